The minimum Gasteiger partial charge on any atom is -0.333 e. The Morgan fingerprint density at radius 1 is 1.19 bits per heavy atom. The summed E-state index contributed by atoms with van der Waals surface area (Å²) in [7, 11) is 0. The summed E-state index contributed by atoms with van der Waals surface area (Å²) in [6, 6.07) is 6.51. The van der Waals surface area contributed by atoms with Gasteiger partial charge in [-0.05, 0) is 62.8 Å². The van der Waals surface area contributed by atoms with Crippen LogP contribution in [0.5, 0.6) is 0 Å². The Morgan fingerprint density at radius 3 is 2.42 bits per heavy atom. The van der Waals surface area contributed by atoms with Crippen molar-refractivity contribution in [2.24, 2.45) is 5.92 Å². The average molecular weight is 437 g/mol. The fraction of sp³-hybridized carbons (Fsp3) is 0.417. The Kier molecular flexibility index (Phi) is 6.91. The lowest BCUT2D eigenvalue weighted by molar-refractivity contribution is -0.120. The highest BCUT2D eigenvalue weighted by Gasteiger charge is 2.24. The van der Waals surface area contributed by atoms with Crippen LogP contribution in [-0.2, 0) is 11.2 Å². The van der Waals surface area contributed by atoms with Gasteiger partial charge in [0.1, 0.15) is 11.1 Å². The van der Waals surface area contributed by atoms with Gasteiger partial charge in [-0.15, -0.1) is 11.3 Å². The maximum absolute atomic E-state index is 12.5. The second-order valence-corrected chi connectivity index (χ2v) is 8.97. The maximum atomic E-state index is 12.5. The molecule has 31 heavy (non-hydrogen) atoms. The minimum atomic E-state index is -0.0756. The zero-order valence-electron chi connectivity index (χ0n) is 18.9. The number of nitriles is 1. The van der Waals surface area contributed by atoms with Gasteiger partial charge in [-0.3, -0.25) is 4.79 Å². The molecule has 0 bridgehead atoms. The van der Waals surface area contributed by atoms with Crippen molar-refractivity contribution in [3.8, 4) is 16.8 Å². The van der Waals surface area contributed by atoms with Gasteiger partial charge in [0.2, 0.25) is 5.91 Å². The van der Waals surface area contributed by atoms with Crippen molar-refractivity contribution >= 4 is 22.2 Å². The van der Waals surface area contributed by atoms with Crippen LogP contribution < -0.4 is 5.32 Å². The molecule has 0 atom stereocenters. The number of thiophene rings is 1. The van der Waals surface area contributed by atoms with Gasteiger partial charge in [0.05, 0.1) is 10.4 Å². The number of benzene rings is 1. The molecule has 162 valence electrons. The normalized spacial score (nSPS) is 11.0. The summed E-state index contributed by atoms with van der Waals surface area (Å²) in [5, 5.41) is 17.3. The maximum Gasteiger partial charge on any atom is 0.268 e. The number of hydrogen-bond donors (Lipinski definition) is 1. The monoisotopic (exact) mass is 436 g/mol. The quantitative estimate of drug-likeness (QED) is 0.500. The number of carbonyl (C=O) groups is 1. The third-order valence-corrected chi connectivity index (χ3v) is 6.88. The third-order valence-electron chi connectivity index (χ3n) is 5.69. The number of amides is 1. The highest BCUT2D eigenvalue weighted by atomic mass is 32.1. The van der Waals surface area contributed by atoms with Gasteiger partial charge < -0.3 is 9.84 Å². The molecule has 0 saturated carbocycles. The van der Waals surface area contributed by atoms with Crippen molar-refractivity contribution in [3.63, 3.8) is 0 Å². The van der Waals surface area contributed by atoms with Gasteiger partial charge >= 0.3 is 0 Å². The van der Waals surface area contributed by atoms with Gasteiger partial charge in [-0.1, -0.05) is 36.7 Å². The highest BCUT2D eigenvalue weighted by Crippen LogP contribution is 2.39. The Labute approximate surface area is 187 Å². The molecule has 1 amide bonds. The molecule has 7 heteroatoms. The lowest BCUT2D eigenvalue weighted by Gasteiger charge is -2.11. The van der Waals surface area contributed by atoms with Crippen LogP contribution in [-0.4, -0.2) is 16.0 Å². The van der Waals surface area contributed by atoms with E-state index in [1.807, 2.05) is 20.8 Å². The summed E-state index contributed by atoms with van der Waals surface area (Å²) in [6.07, 6.45) is 2.09. The van der Waals surface area contributed by atoms with E-state index in [0.717, 1.165) is 18.4 Å². The lowest BCUT2D eigenvalue weighted by atomic mass is 9.97. The molecule has 0 aliphatic rings. The van der Waals surface area contributed by atoms with E-state index in [9.17, 15) is 10.1 Å². The van der Waals surface area contributed by atoms with Crippen LogP contribution >= 0.6 is 11.3 Å². The summed E-state index contributed by atoms with van der Waals surface area (Å²) in [5.41, 5.74) is 6.02. The van der Waals surface area contributed by atoms with Gasteiger partial charge in [0, 0.05) is 12.3 Å². The Balaban J connectivity index is 1.89. The van der Waals surface area contributed by atoms with E-state index in [1.54, 1.807) is 0 Å². The van der Waals surface area contributed by atoms with Crippen LogP contribution in [0.3, 0.4) is 0 Å². The number of carbonyl (C=O) groups excluding carboxylic acids is 1. The molecular weight excluding hydrogens is 408 g/mol. The molecular formula is C24H28N4O2S. The molecule has 0 aliphatic carbocycles. The number of aromatic nitrogens is 2. The van der Waals surface area contributed by atoms with Crippen LogP contribution in [0.4, 0.5) is 5.00 Å². The molecule has 1 aromatic carbocycles. The van der Waals surface area contributed by atoms with E-state index in [2.05, 4.69) is 54.4 Å². The third kappa shape index (κ3) is 4.70. The second-order valence-electron chi connectivity index (χ2n) is 7.94. The van der Waals surface area contributed by atoms with Crippen LogP contribution in [0.2, 0.25) is 0 Å². The van der Waals surface area contributed by atoms with E-state index in [-0.39, 0.29) is 11.8 Å². The second kappa shape index (κ2) is 9.44. The minimum absolute atomic E-state index is 0.0640. The fourth-order valence-electron chi connectivity index (χ4n) is 3.88. The first-order valence-corrected chi connectivity index (χ1v) is 11.3. The van der Waals surface area contributed by atoms with Gasteiger partial charge in [-0.2, -0.15) is 10.2 Å². The molecule has 2 aromatic heterocycles. The Hall–Kier alpha value is -2.98. The van der Waals surface area contributed by atoms with Crippen molar-refractivity contribution in [3.05, 3.63) is 51.3 Å². The summed E-state index contributed by atoms with van der Waals surface area (Å²) in [5.74, 6) is 0.831. The van der Waals surface area contributed by atoms with Crippen molar-refractivity contribution in [1.29, 1.82) is 5.26 Å². The van der Waals surface area contributed by atoms with Gasteiger partial charge in [0.15, 0.2) is 5.82 Å². The van der Waals surface area contributed by atoms with Crippen molar-refractivity contribution in [2.75, 3.05) is 5.32 Å². The molecule has 0 aliphatic heterocycles. The Morgan fingerprint density at radius 2 is 1.84 bits per heavy atom. The molecule has 0 radical (unpaired) electrons. The molecule has 1 N–H and O–H groups in total. The number of nitrogens with zero attached hydrogens (tertiary/aromatic N) is 3. The largest absolute Gasteiger partial charge is 0.333 e. The first-order chi connectivity index (χ1) is 14.8. The predicted molar refractivity (Wildman–Crippen MR) is 123 cm³/mol. The zero-order valence-corrected chi connectivity index (χ0v) is 19.7. The van der Waals surface area contributed by atoms with Crippen LogP contribution in [0.25, 0.3) is 10.8 Å². The summed E-state index contributed by atoms with van der Waals surface area (Å²) in [6.45, 7) is 12.1. The van der Waals surface area contributed by atoms with E-state index < -0.39 is 0 Å². The van der Waals surface area contributed by atoms with Crippen LogP contribution in [0.1, 0.15) is 65.9 Å². The molecule has 0 fully saturated rings. The fourth-order valence-corrected chi connectivity index (χ4v) is 4.96. The standard InChI is InChI=1S/C24H28N4O2S/c1-7-17(8-2)22(29)27-24-19(12-25)16(6)21(31-24)23-26-20(28-30-23)11-18-14(4)9-13(3)10-15(18)5/h9-10,17H,7-8,11H2,1-6H3,(H,27,29). The number of rotatable bonds is 7. The molecule has 0 spiro atoms. The highest BCUT2D eigenvalue weighted by molar-refractivity contribution is 7.20. The van der Waals surface area contributed by atoms with E-state index >= 15 is 0 Å². The molecule has 0 unspecified atom stereocenters. The predicted octanol–water partition coefficient (Wildman–Crippen LogP) is 5.87. The molecule has 6 nitrogen and oxygen atoms in total. The first-order valence-electron chi connectivity index (χ1n) is 10.5. The molecule has 3 rings (SSSR count). The zero-order chi connectivity index (χ0) is 22.7. The number of nitrogens with one attached hydrogen (secondary N) is 1. The number of hydrogen-bond acceptors (Lipinski definition) is 6. The number of aryl methyl sites for hydroxylation is 3. The van der Waals surface area contributed by atoms with Crippen LogP contribution in [0, 0.1) is 44.9 Å². The first kappa shape index (κ1) is 22.7. The topological polar surface area (TPSA) is 91.8 Å². The van der Waals surface area contributed by atoms with Crippen molar-refractivity contribution < 1.29 is 9.32 Å². The average Bonchev–Trinajstić information content (AvgIpc) is 3.29. The summed E-state index contributed by atoms with van der Waals surface area (Å²) in [4.78, 5) is 17.8. The number of anilines is 1. The smallest absolute Gasteiger partial charge is 0.268 e. The van der Waals surface area contributed by atoms with Crippen molar-refractivity contribution in [2.45, 2.75) is 60.8 Å². The summed E-state index contributed by atoms with van der Waals surface area (Å²) < 4.78 is 5.54. The van der Waals surface area contributed by atoms with Crippen LogP contribution in [0.15, 0.2) is 16.7 Å². The van der Waals surface area contributed by atoms with E-state index in [4.69, 9.17) is 4.52 Å². The SMILES string of the molecule is CCC(CC)C(=O)Nc1sc(-c2nc(Cc3c(C)cc(C)cc3C)no2)c(C)c1C#N. The van der Waals surface area contributed by atoms with E-state index in [0.29, 0.717) is 33.6 Å². The lowest BCUT2D eigenvalue weighted by Crippen LogP contribution is -2.21. The van der Waals surface area contributed by atoms with Gasteiger partial charge in [-0.25, -0.2) is 0 Å². The van der Waals surface area contributed by atoms with Gasteiger partial charge in [0.25, 0.3) is 5.89 Å². The molecule has 2 heterocycles. The summed E-state index contributed by atoms with van der Waals surface area (Å²) >= 11 is 1.31. The van der Waals surface area contributed by atoms with Crippen molar-refractivity contribution in [1.82, 2.24) is 10.1 Å². The molecule has 0 saturated heterocycles. The Bertz CT molecular complexity index is 1130. The van der Waals surface area contributed by atoms with E-state index in [1.165, 1.54) is 33.6 Å². The molecule has 3 aromatic rings.